The van der Waals surface area contributed by atoms with Crippen LogP contribution in [-0.2, 0) is 0 Å². The van der Waals surface area contributed by atoms with Crippen LogP contribution in [-0.4, -0.2) is 0 Å². The highest BCUT2D eigenvalue weighted by Crippen LogP contribution is 2.29. The molecule has 0 heterocycles. The molecule has 2 N–H and O–H groups in total. The van der Waals surface area contributed by atoms with Gasteiger partial charge in [-0.3, -0.25) is 0 Å². The summed E-state index contributed by atoms with van der Waals surface area (Å²) in [5, 5.41) is 0. The molecular formula is C13H10BrF2N. The lowest BCUT2D eigenvalue weighted by molar-refractivity contribution is 0.626. The van der Waals surface area contributed by atoms with E-state index in [9.17, 15) is 8.78 Å². The van der Waals surface area contributed by atoms with Crippen molar-refractivity contribution in [3.8, 4) is 11.1 Å². The quantitative estimate of drug-likeness (QED) is 0.781. The van der Waals surface area contributed by atoms with E-state index < -0.39 is 11.6 Å². The smallest absolute Gasteiger partial charge is 0.146 e. The van der Waals surface area contributed by atoms with E-state index in [0.717, 1.165) is 0 Å². The highest BCUT2D eigenvalue weighted by atomic mass is 79.9. The molecule has 1 nitrogen and oxygen atoms in total. The maximum absolute atomic E-state index is 13.7. The number of halogens is 3. The highest BCUT2D eigenvalue weighted by molar-refractivity contribution is 9.10. The fraction of sp³-hybridized carbons (Fsp3) is 0.0769. The third kappa shape index (κ3) is 2.31. The first-order valence-corrected chi connectivity index (χ1v) is 5.79. The van der Waals surface area contributed by atoms with Gasteiger partial charge in [0.25, 0.3) is 0 Å². The second-order valence-corrected chi connectivity index (χ2v) is 4.73. The lowest BCUT2D eigenvalue weighted by Gasteiger charge is -2.08. The number of aryl methyl sites for hydroxylation is 1. The first-order chi connectivity index (χ1) is 7.99. The van der Waals surface area contributed by atoms with E-state index in [2.05, 4.69) is 15.9 Å². The monoisotopic (exact) mass is 297 g/mol. The van der Waals surface area contributed by atoms with Crippen molar-refractivity contribution in [3.63, 3.8) is 0 Å². The summed E-state index contributed by atoms with van der Waals surface area (Å²) in [6, 6.07) is 7.57. The van der Waals surface area contributed by atoms with Crippen molar-refractivity contribution in [2.45, 2.75) is 6.92 Å². The molecule has 0 aliphatic carbocycles. The van der Waals surface area contributed by atoms with Gasteiger partial charge in [0, 0.05) is 10.0 Å². The Morgan fingerprint density at radius 2 is 1.76 bits per heavy atom. The Labute approximate surface area is 106 Å². The summed E-state index contributed by atoms with van der Waals surface area (Å²) < 4.78 is 27.8. The Balaban J connectivity index is 2.61. The Hall–Kier alpha value is -1.42. The van der Waals surface area contributed by atoms with Crippen molar-refractivity contribution in [3.05, 3.63) is 52.0 Å². The largest absolute Gasteiger partial charge is 0.396 e. The fourth-order valence-electron chi connectivity index (χ4n) is 1.63. The molecule has 0 aliphatic heterocycles. The SMILES string of the molecule is Cc1cc(-c2ccc(Br)cc2F)cc(F)c1N. The average Bonchev–Trinajstić information content (AvgIpc) is 2.25. The standard InChI is InChI=1S/C13H10BrF2N/c1-7-4-8(5-12(16)13(7)17)10-3-2-9(14)6-11(10)15/h2-6H,17H2,1H3. The fourth-order valence-corrected chi connectivity index (χ4v) is 1.97. The van der Waals surface area contributed by atoms with Crippen LogP contribution >= 0.6 is 15.9 Å². The van der Waals surface area contributed by atoms with Crippen LogP contribution in [0.2, 0.25) is 0 Å². The third-order valence-electron chi connectivity index (χ3n) is 2.58. The molecule has 0 unspecified atom stereocenters. The molecule has 0 aliphatic rings. The molecule has 0 saturated carbocycles. The zero-order chi connectivity index (χ0) is 12.6. The molecule has 0 atom stereocenters. The van der Waals surface area contributed by atoms with Crippen LogP contribution in [0, 0.1) is 18.6 Å². The number of hydrogen-bond donors (Lipinski definition) is 1. The van der Waals surface area contributed by atoms with E-state index in [-0.39, 0.29) is 5.69 Å². The van der Waals surface area contributed by atoms with Gasteiger partial charge in [-0.05, 0) is 42.3 Å². The van der Waals surface area contributed by atoms with E-state index in [1.807, 2.05) is 0 Å². The molecule has 2 aromatic rings. The maximum atomic E-state index is 13.7. The van der Waals surface area contributed by atoms with Gasteiger partial charge in [0.05, 0.1) is 5.69 Å². The van der Waals surface area contributed by atoms with Gasteiger partial charge in [-0.2, -0.15) is 0 Å². The van der Waals surface area contributed by atoms with Crippen molar-refractivity contribution < 1.29 is 8.78 Å². The number of nitrogen functional groups attached to an aromatic ring is 1. The maximum Gasteiger partial charge on any atom is 0.146 e. The summed E-state index contributed by atoms with van der Waals surface area (Å²) in [4.78, 5) is 0. The van der Waals surface area contributed by atoms with Crippen LogP contribution < -0.4 is 5.73 Å². The van der Waals surface area contributed by atoms with E-state index >= 15 is 0 Å². The van der Waals surface area contributed by atoms with Gasteiger partial charge in [0.2, 0.25) is 0 Å². The number of nitrogens with two attached hydrogens (primary N) is 1. The van der Waals surface area contributed by atoms with Crippen molar-refractivity contribution in [1.29, 1.82) is 0 Å². The minimum Gasteiger partial charge on any atom is -0.396 e. The van der Waals surface area contributed by atoms with Gasteiger partial charge in [0.1, 0.15) is 11.6 Å². The van der Waals surface area contributed by atoms with E-state index in [1.54, 1.807) is 25.1 Å². The molecule has 0 bridgehead atoms. The minimum absolute atomic E-state index is 0.103. The lowest BCUT2D eigenvalue weighted by Crippen LogP contribution is -1.96. The van der Waals surface area contributed by atoms with Crippen LogP contribution in [0.25, 0.3) is 11.1 Å². The minimum atomic E-state index is -0.526. The average molecular weight is 298 g/mol. The first-order valence-electron chi connectivity index (χ1n) is 5.00. The summed E-state index contributed by atoms with van der Waals surface area (Å²) >= 11 is 3.18. The van der Waals surface area contributed by atoms with Gasteiger partial charge in [-0.25, -0.2) is 8.78 Å². The topological polar surface area (TPSA) is 26.0 Å². The van der Waals surface area contributed by atoms with Crippen LogP contribution in [0.3, 0.4) is 0 Å². The Morgan fingerprint density at radius 3 is 2.35 bits per heavy atom. The second-order valence-electron chi connectivity index (χ2n) is 3.81. The number of rotatable bonds is 1. The molecule has 0 radical (unpaired) electrons. The van der Waals surface area contributed by atoms with Crippen molar-refractivity contribution in [1.82, 2.24) is 0 Å². The third-order valence-corrected chi connectivity index (χ3v) is 3.07. The van der Waals surface area contributed by atoms with Crippen LogP contribution in [0.5, 0.6) is 0 Å². The summed E-state index contributed by atoms with van der Waals surface area (Å²) in [6.07, 6.45) is 0. The van der Waals surface area contributed by atoms with Gasteiger partial charge in [-0.1, -0.05) is 22.0 Å². The van der Waals surface area contributed by atoms with E-state index in [0.29, 0.717) is 21.2 Å². The van der Waals surface area contributed by atoms with Crippen LogP contribution in [0.1, 0.15) is 5.56 Å². The molecular weight excluding hydrogens is 288 g/mol. The molecule has 88 valence electrons. The van der Waals surface area contributed by atoms with Crippen molar-refractivity contribution in [2.75, 3.05) is 5.73 Å². The second kappa shape index (κ2) is 4.45. The van der Waals surface area contributed by atoms with Crippen LogP contribution in [0.15, 0.2) is 34.8 Å². The Morgan fingerprint density at radius 1 is 1.06 bits per heavy atom. The normalized spacial score (nSPS) is 10.6. The van der Waals surface area contributed by atoms with Crippen molar-refractivity contribution >= 4 is 21.6 Å². The molecule has 2 aromatic carbocycles. The summed E-state index contributed by atoms with van der Waals surface area (Å²) in [7, 11) is 0. The van der Waals surface area contributed by atoms with Gasteiger partial charge >= 0.3 is 0 Å². The predicted octanol–water partition coefficient (Wildman–Crippen LogP) is 4.28. The Kier molecular flexibility index (Phi) is 3.15. The number of benzene rings is 2. The Bertz CT molecular complexity index is 559. The molecule has 0 amide bonds. The zero-order valence-electron chi connectivity index (χ0n) is 9.10. The summed E-state index contributed by atoms with van der Waals surface area (Å²) in [5.41, 5.74) is 7.06. The van der Waals surface area contributed by atoms with Gasteiger partial charge < -0.3 is 5.73 Å². The zero-order valence-corrected chi connectivity index (χ0v) is 10.7. The predicted molar refractivity (Wildman–Crippen MR) is 68.6 cm³/mol. The number of hydrogen-bond acceptors (Lipinski definition) is 1. The van der Waals surface area contributed by atoms with Gasteiger partial charge in [-0.15, -0.1) is 0 Å². The van der Waals surface area contributed by atoms with Crippen molar-refractivity contribution in [2.24, 2.45) is 0 Å². The molecule has 0 fully saturated rings. The van der Waals surface area contributed by atoms with E-state index in [4.69, 9.17) is 5.73 Å². The summed E-state index contributed by atoms with van der Waals surface area (Å²) in [6.45, 7) is 1.69. The number of anilines is 1. The molecule has 0 saturated heterocycles. The molecule has 4 heteroatoms. The van der Waals surface area contributed by atoms with E-state index in [1.165, 1.54) is 12.1 Å². The molecule has 0 spiro atoms. The van der Waals surface area contributed by atoms with Crippen LogP contribution in [0.4, 0.5) is 14.5 Å². The molecule has 0 aromatic heterocycles. The van der Waals surface area contributed by atoms with Gasteiger partial charge in [0.15, 0.2) is 0 Å². The summed E-state index contributed by atoms with van der Waals surface area (Å²) in [5.74, 6) is -0.926. The molecule has 17 heavy (non-hydrogen) atoms. The highest BCUT2D eigenvalue weighted by Gasteiger charge is 2.10. The lowest BCUT2D eigenvalue weighted by atomic mass is 10.0. The molecule has 2 rings (SSSR count). The first kappa shape index (κ1) is 12.0.